The number of nitrogens with one attached hydrogen (secondary N) is 2. The van der Waals surface area contributed by atoms with Crippen molar-refractivity contribution in [2.75, 3.05) is 6.54 Å². The number of rotatable bonds is 4. The van der Waals surface area contributed by atoms with E-state index in [2.05, 4.69) is 28.6 Å². The summed E-state index contributed by atoms with van der Waals surface area (Å²) >= 11 is 11.9. The Balaban J connectivity index is 1.53. The van der Waals surface area contributed by atoms with Crippen molar-refractivity contribution in [3.05, 3.63) is 69.8 Å². The summed E-state index contributed by atoms with van der Waals surface area (Å²) in [5.41, 5.74) is 2.98. The van der Waals surface area contributed by atoms with Crippen LogP contribution in [0.5, 0.6) is 0 Å². The molecular formula is C19H16Cl2N2O. The number of aromatic amines is 1. The lowest BCUT2D eigenvalue weighted by Gasteiger charge is -2.16. The second-order valence-electron chi connectivity index (χ2n) is 6.34. The number of fused-ring (bicyclic) bond motifs is 1. The van der Waals surface area contributed by atoms with Crippen LogP contribution in [0, 0.1) is 0 Å². The number of hydrogen-bond donors (Lipinski definition) is 2. The third-order valence-electron chi connectivity index (χ3n) is 4.78. The molecule has 3 aromatic rings. The summed E-state index contributed by atoms with van der Waals surface area (Å²) in [7, 11) is 0. The number of amides is 1. The maximum absolute atomic E-state index is 12.4. The lowest BCUT2D eigenvalue weighted by molar-refractivity contribution is 0.0949. The fourth-order valence-electron chi connectivity index (χ4n) is 3.19. The summed E-state index contributed by atoms with van der Waals surface area (Å²) in [5, 5.41) is 5.12. The van der Waals surface area contributed by atoms with E-state index in [1.54, 1.807) is 18.2 Å². The molecule has 2 N–H and O–H groups in total. The second kappa shape index (κ2) is 5.83. The van der Waals surface area contributed by atoms with Gasteiger partial charge in [0, 0.05) is 34.6 Å². The highest BCUT2D eigenvalue weighted by molar-refractivity contribution is 6.42. The van der Waals surface area contributed by atoms with Gasteiger partial charge in [0.1, 0.15) is 0 Å². The van der Waals surface area contributed by atoms with E-state index in [-0.39, 0.29) is 11.3 Å². The standard InChI is InChI=1S/C19H16Cl2N2O/c20-15-6-5-12(9-16(15)21)18(24)23-11-19(7-8-19)14-10-22-17-4-2-1-3-13(14)17/h1-6,9-10,22H,7-8,11H2,(H,23,24). The fourth-order valence-corrected chi connectivity index (χ4v) is 3.49. The van der Waals surface area contributed by atoms with Crippen LogP contribution in [0.1, 0.15) is 28.8 Å². The van der Waals surface area contributed by atoms with Crippen molar-refractivity contribution in [3.8, 4) is 0 Å². The molecule has 1 amide bonds. The monoisotopic (exact) mass is 358 g/mol. The number of hydrogen-bond acceptors (Lipinski definition) is 1. The molecule has 122 valence electrons. The average molecular weight is 359 g/mol. The molecule has 2 aromatic carbocycles. The van der Waals surface area contributed by atoms with Crippen LogP contribution in [-0.4, -0.2) is 17.4 Å². The first-order chi connectivity index (χ1) is 11.6. The van der Waals surface area contributed by atoms with Gasteiger partial charge in [0.15, 0.2) is 0 Å². The molecule has 0 saturated heterocycles. The van der Waals surface area contributed by atoms with E-state index >= 15 is 0 Å². The highest BCUT2D eigenvalue weighted by Gasteiger charge is 2.45. The average Bonchev–Trinajstić information content (AvgIpc) is 3.25. The molecule has 0 aliphatic heterocycles. The van der Waals surface area contributed by atoms with E-state index in [0.29, 0.717) is 22.2 Å². The van der Waals surface area contributed by atoms with E-state index in [9.17, 15) is 4.79 Å². The minimum absolute atomic E-state index is 0.0332. The fraction of sp³-hybridized carbons (Fsp3) is 0.211. The van der Waals surface area contributed by atoms with Crippen molar-refractivity contribution >= 4 is 40.0 Å². The Bertz CT molecular complexity index is 928. The van der Waals surface area contributed by atoms with Crippen LogP contribution in [0.25, 0.3) is 10.9 Å². The number of carbonyl (C=O) groups is 1. The summed E-state index contributed by atoms with van der Waals surface area (Å²) in [6, 6.07) is 13.2. The lowest BCUT2D eigenvalue weighted by Crippen LogP contribution is -2.32. The highest BCUT2D eigenvalue weighted by Crippen LogP contribution is 2.49. The van der Waals surface area contributed by atoms with Gasteiger partial charge in [-0.2, -0.15) is 0 Å². The van der Waals surface area contributed by atoms with Crippen LogP contribution < -0.4 is 5.32 Å². The van der Waals surface area contributed by atoms with Crippen molar-refractivity contribution in [2.45, 2.75) is 18.3 Å². The Morgan fingerprint density at radius 2 is 1.92 bits per heavy atom. The third-order valence-corrected chi connectivity index (χ3v) is 5.52. The van der Waals surface area contributed by atoms with Gasteiger partial charge in [-0.15, -0.1) is 0 Å². The molecule has 24 heavy (non-hydrogen) atoms. The summed E-state index contributed by atoms with van der Waals surface area (Å²) in [6.45, 7) is 0.619. The normalized spacial score (nSPS) is 15.4. The first kappa shape index (κ1) is 15.6. The van der Waals surface area contributed by atoms with E-state index in [0.717, 1.165) is 18.4 Å². The molecular weight excluding hydrogens is 343 g/mol. The van der Waals surface area contributed by atoms with Gasteiger partial charge in [0.05, 0.1) is 10.0 Å². The molecule has 1 saturated carbocycles. The second-order valence-corrected chi connectivity index (χ2v) is 7.15. The molecule has 0 atom stereocenters. The quantitative estimate of drug-likeness (QED) is 0.681. The van der Waals surface area contributed by atoms with Crippen LogP contribution in [-0.2, 0) is 5.41 Å². The third kappa shape index (κ3) is 2.68. The van der Waals surface area contributed by atoms with Gasteiger partial charge in [-0.3, -0.25) is 4.79 Å². The molecule has 1 aliphatic carbocycles. The van der Waals surface area contributed by atoms with Crippen molar-refractivity contribution in [3.63, 3.8) is 0 Å². The minimum atomic E-state index is -0.125. The molecule has 0 spiro atoms. The van der Waals surface area contributed by atoms with Gasteiger partial charge in [0.25, 0.3) is 5.91 Å². The molecule has 1 aliphatic rings. The van der Waals surface area contributed by atoms with E-state index in [1.165, 1.54) is 10.9 Å². The molecule has 1 heterocycles. The van der Waals surface area contributed by atoms with Gasteiger partial charge in [-0.05, 0) is 42.7 Å². The largest absolute Gasteiger partial charge is 0.361 e. The zero-order valence-electron chi connectivity index (χ0n) is 12.9. The number of para-hydroxylation sites is 1. The summed E-state index contributed by atoms with van der Waals surface area (Å²) in [4.78, 5) is 15.7. The first-order valence-corrected chi connectivity index (χ1v) is 8.64. The van der Waals surface area contributed by atoms with E-state index in [1.807, 2.05) is 12.1 Å². The van der Waals surface area contributed by atoms with Gasteiger partial charge >= 0.3 is 0 Å². The minimum Gasteiger partial charge on any atom is -0.361 e. The summed E-state index contributed by atoms with van der Waals surface area (Å²) in [5.74, 6) is -0.125. The first-order valence-electron chi connectivity index (χ1n) is 7.89. The van der Waals surface area contributed by atoms with Crippen LogP contribution in [0.2, 0.25) is 10.0 Å². The van der Waals surface area contributed by atoms with Crippen LogP contribution in [0.3, 0.4) is 0 Å². The molecule has 5 heteroatoms. The van der Waals surface area contributed by atoms with Gasteiger partial charge in [-0.1, -0.05) is 41.4 Å². The summed E-state index contributed by atoms with van der Waals surface area (Å²) < 4.78 is 0. The number of carbonyl (C=O) groups excluding carboxylic acids is 1. The number of halogens is 2. The predicted molar refractivity (Wildman–Crippen MR) is 98.0 cm³/mol. The number of H-pyrrole nitrogens is 1. The van der Waals surface area contributed by atoms with Crippen molar-refractivity contribution in [2.24, 2.45) is 0 Å². The van der Waals surface area contributed by atoms with Gasteiger partial charge in [0.2, 0.25) is 0 Å². The van der Waals surface area contributed by atoms with Crippen molar-refractivity contribution in [1.29, 1.82) is 0 Å². The Morgan fingerprint density at radius 3 is 2.67 bits per heavy atom. The topological polar surface area (TPSA) is 44.9 Å². The molecule has 0 unspecified atom stereocenters. The zero-order valence-corrected chi connectivity index (χ0v) is 14.4. The van der Waals surface area contributed by atoms with Crippen molar-refractivity contribution < 1.29 is 4.79 Å². The van der Waals surface area contributed by atoms with E-state index < -0.39 is 0 Å². The van der Waals surface area contributed by atoms with Crippen LogP contribution in [0.15, 0.2) is 48.7 Å². The molecule has 1 fully saturated rings. The Morgan fingerprint density at radius 1 is 1.12 bits per heavy atom. The molecule has 4 rings (SSSR count). The Kier molecular flexibility index (Phi) is 3.78. The van der Waals surface area contributed by atoms with Gasteiger partial charge < -0.3 is 10.3 Å². The van der Waals surface area contributed by atoms with Gasteiger partial charge in [-0.25, -0.2) is 0 Å². The van der Waals surface area contributed by atoms with Crippen molar-refractivity contribution in [1.82, 2.24) is 10.3 Å². The number of benzene rings is 2. The lowest BCUT2D eigenvalue weighted by atomic mass is 9.95. The maximum atomic E-state index is 12.4. The number of aromatic nitrogens is 1. The maximum Gasteiger partial charge on any atom is 0.251 e. The highest BCUT2D eigenvalue weighted by atomic mass is 35.5. The van der Waals surface area contributed by atoms with E-state index in [4.69, 9.17) is 23.2 Å². The predicted octanol–water partition coefficient (Wildman–Crippen LogP) is 4.94. The Labute approximate surface area is 150 Å². The smallest absolute Gasteiger partial charge is 0.251 e. The molecule has 0 radical (unpaired) electrons. The summed E-state index contributed by atoms with van der Waals surface area (Å²) in [6.07, 6.45) is 4.23. The zero-order chi connectivity index (χ0) is 16.7. The van der Waals surface area contributed by atoms with Crippen LogP contribution in [0.4, 0.5) is 0 Å². The SMILES string of the molecule is O=C(NCC1(c2c[nH]c3ccccc23)CC1)c1ccc(Cl)c(Cl)c1. The molecule has 1 aromatic heterocycles. The van der Waals surface area contributed by atoms with Crippen LogP contribution >= 0.6 is 23.2 Å². The molecule has 0 bridgehead atoms. The Hall–Kier alpha value is -1.97. The molecule has 3 nitrogen and oxygen atoms in total.